The molecule has 0 bridgehead atoms. The number of halogens is 1. The van der Waals surface area contributed by atoms with Crippen LogP contribution in [0.1, 0.15) is 38.5 Å². The van der Waals surface area contributed by atoms with E-state index in [2.05, 4.69) is 10.6 Å². The molecule has 0 atom stereocenters. The van der Waals surface area contributed by atoms with E-state index in [1.54, 1.807) is 6.07 Å². The number of amides is 1. The largest absolute Gasteiger partial charge is 0.489 e. The summed E-state index contributed by atoms with van der Waals surface area (Å²) in [6.45, 7) is 1.27. The quantitative estimate of drug-likeness (QED) is 0.806. The van der Waals surface area contributed by atoms with Crippen LogP contribution in [-0.4, -0.2) is 25.1 Å². The van der Waals surface area contributed by atoms with Gasteiger partial charge in [-0.2, -0.15) is 0 Å². The predicted octanol–water partition coefficient (Wildman–Crippen LogP) is 3.60. The number of rotatable bonds is 7. The number of ether oxygens (including phenoxy) is 1. The van der Waals surface area contributed by atoms with Gasteiger partial charge in [-0.3, -0.25) is 4.79 Å². The molecule has 120 valence electrons. The summed E-state index contributed by atoms with van der Waals surface area (Å²) in [5, 5.41) is 6.58. The SMILES string of the molecule is O=C(CNCC1CC1)Nc1ccc(OC2CCCC2)c(Cl)c1. The molecule has 0 unspecified atom stereocenters. The molecular weight excluding hydrogens is 300 g/mol. The van der Waals surface area contributed by atoms with Crippen LogP contribution in [0.25, 0.3) is 0 Å². The lowest BCUT2D eigenvalue weighted by Crippen LogP contribution is -2.29. The van der Waals surface area contributed by atoms with Crippen molar-refractivity contribution >= 4 is 23.2 Å². The highest BCUT2D eigenvalue weighted by molar-refractivity contribution is 6.32. The molecule has 22 heavy (non-hydrogen) atoms. The molecule has 1 amide bonds. The fraction of sp³-hybridized carbons (Fsp3) is 0.588. The average molecular weight is 323 g/mol. The van der Waals surface area contributed by atoms with Gasteiger partial charge in [0.25, 0.3) is 0 Å². The number of nitrogens with one attached hydrogen (secondary N) is 2. The zero-order chi connectivity index (χ0) is 15.4. The third-order valence-corrected chi connectivity index (χ3v) is 4.52. The maximum atomic E-state index is 11.8. The summed E-state index contributed by atoms with van der Waals surface area (Å²) < 4.78 is 5.91. The van der Waals surface area contributed by atoms with Gasteiger partial charge in [0.2, 0.25) is 5.91 Å². The van der Waals surface area contributed by atoms with Gasteiger partial charge in [-0.25, -0.2) is 0 Å². The molecular formula is C17H23ClN2O2. The molecule has 2 saturated carbocycles. The first-order valence-electron chi connectivity index (χ1n) is 8.17. The monoisotopic (exact) mass is 322 g/mol. The number of carbonyl (C=O) groups excluding carboxylic acids is 1. The van der Waals surface area contributed by atoms with Crippen molar-refractivity contribution in [2.75, 3.05) is 18.4 Å². The predicted molar refractivity (Wildman–Crippen MR) is 88.6 cm³/mol. The summed E-state index contributed by atoms with van der Waals surface area (Å²) in [7, 11) is 0. The van der Waals surface area contributed by atoms with Crippen molar-refractivity contribution in [1.29, 1.82) is 0 Å². The zero-order valence-corrected chi connectivity index (χ0v) is 13.5. The Morgan fingerprint density at radius 1 is 1.23 bits per heavy atom. The van der Waals surface area contributed by atoms with Gasteiger partial charge in [0, 0.05) is 5.69 Å². The van der Waals surface area contributed by atoms with Crippen LogP contribution in [0.2, 0.25) is 5.02 Å². The molecule has 2 N–H and O–H groups in total. The van der Waals surface area contributed by atoms with Crippen LogP contribution in [0.4, 0.5) is 5.69 Å². The van der Waals surface area contributed by atoms with Crippen molar-refractivity contribution in [3.8, 4) is 5.75 Å². The second kappa shape index (κ2) is 7.34. The molecule has 0 saturated heterocycles. The van der Waals surface area contributed by atoms with Crippen LogP contribution in [0, 0.1) is 5.92 Å². The van der Waals surface area contributed by atoms with Crippen molar-refractivity contribution < 1.29 is 9.53 Å². The van der Waals surface area contributed by atoms with Crippen molar-refractivity contribution in [3.63, 3.8) is 0 Å². The van der Waals surface area contributed by atoms with E-state index >= 15 is 0 Å². The second-order valence-corrected chi connectivity index (χ2v) is 6.70. The molecule has 0 aliphatic heterocycles. The third-order valence-electron chi connectivity index (χ3n) is 4.23. The summed E-state index contributed by atoms with van der Waals surface area (Å²) in [6, 6.07) is 5.44. The summed E-state index contributed by atoms with van der Waals surface area (Å²) in [6.07, 6.45) is 7.50. The Morgan fingerprint density at radius 3 is 2.68 bits per heavy atom. The lowest BCUT2D eigenvalue weighted by atomic mass is 10.2. The molecule has 5 heteroatoms. The number of hydrogen-bond donors (Lipinski definition) is 2. The molecule has 0 radical (unpaired) electrons. The summed E-state index contributed by atoms with van der Waals surface area (Å²) in [4.78, 5) is 11.8. The Labute approximate surface area is 136 Å². The lowest BCUT2D eigenvalue weighted by molar-refractivity contribution is -0.115. The van der Waals surface area contributed by atoms with Crippen LogP contribution in [0.3, 0.4) is 0 Å². The van der Waals surface area contributed by atoms with E-state index in [0.717, 1.165) is 25.3 Å². The molecule has 0 heterocycles. The van der Waals surface area contributed by atoms with Crippen LogP contribution in [0.5, 0.6) is 5.75 Å². The van der Waals surface area contributed by atoms with Crippen LogP contribution < -0.4 is 15.4 Å². The van der Waals surface area contributed by atoms with Crippen molar-refractivity contribution in [3.05, 3.63) is 23.2 Å². The summed E-state index contributed by atoms with van der Waals surface area (Å²) in [5.41, 5.74) is 0.710. The Morgan fingerprint density at radius 2 is 2.00 bits per heavy atom. The van der Waals surface area contributed by atoms with E-state index in [4.69, 9.17) is 16.3 Å². The van der Waals surface area contributed by atoms with Gasteiger partial charge in [0.05, 0.1) is 17.7 Å². The molecule has 1 aromatic rings. The van der Waals surface area contributed by atoms with Crippen molar-refractivity contribution in [2.45, 2.75) is 44.6 Å². The first kappa shape index (κ1) is 15.6. The molecule has 3 rings (SSSR count). The number of hydrogen-bond acceptors (Lipinski definition) is 3. The topological polar surface area (TPSA) is 50.4 Å². The third kappa shape index (κ3) is 4.62. The standard InChI is InChI=1S/C17H23ClN2O2/c18-15-9-13(20-17(21)11-19-10-12-5-6-12)7-8-16(15)22-14-3-1-2-4-14/h7-9,12,14,19H,1-6,10-11H2,(H,20,21). The highest BCUT2D eigenvalue weighted by atomic mass is 35.5. The van der Waals surface area contributed by atoms with Crippen molar-refractivity contribution in [1.82, 2.24) is 5.32 Å². The van der Waals surface area contributed by atoms with Gasteiger partial charge in [0.1, 0.15) is 5.75 Å². The molecule has 2 fully saturated rings. The fourth-order valence-electron chi connectivity index (χ4n) is 2.78. The number of benzene rings is 1. The zero-order valence-electron chi connectivity index (χ0n) is 12.7. The molecule has 0 spiro atoms. The van der Waals surface area contributed by atoms with E-state index < -0.39 is 0 Å². The van der Waals surface area contributed by atoms with Crippen LogP contribution in [-0.2, 0) is 4.79 Å². The van der Waals surface area contributed by atoms with E-state index in [1.165, 1.54) is 25.7 Å². The Balaban J connectivity index is 1.48. The first-order chi connectivity index (χ1) is 10.7. The van der Waals surface area contributed by atoms with E-state index in [-0.39, 0.29) is 12.0 Å². The minimum absolute atomic E-state index is 0.0406. The van der Waals surface area contributed by atoms with Crippen LogP contribution >= 0.6 is 11.6 Å². The van der Waals surface area contributed by atoms with E-state index in [1.807, 2.05) is 12.1 Å². The van der Waals surface area contributed by atoms with Gasteiger partial charge in [-0.15, -0.1) is 0 Å². The molecule has 0 aromatic heterocycles. The van der Waals surface area contributed by atoms with Gasteiger partial charge in [-0.05, 0) is 69.2 Å². The number of anilines is 1. The summed E-state index contributed by atoms with van der Waals surface area (Å²) >= 11 is 6.25. The highest BCUT2D eigenvalue weighted by Crippen LogP contribution is 2.31. The highest BCUT2D eigenvalue weighted by Gasteiger charge is 2.21. The second-order valence-electron chi connectivity index (χ2n) is 6.29. The molecule has 2 aliphatic carbocycles. The first-order valence-corrected chi connectivity index (χ1v) is 8.55. The van der Waals surface area contributed by atoms with Gasteiger partial charge in [0.15, 0.2) is 0 Å². The van der Waals surface area contributed by atoms with Crippen LogP contribution in [0.15, 0.2) is 18.2 Å². The molecule has 4 nitrogen and oxygen atoms in total. The minimum atomic E-state index is -0.0406. The van der Waals surface area contributed by atoms with Gasteiger partial charge in [-0.1, -0.05) is 11.6 Å². The Kier molecular flexibility index (Phi) is 5.21. The molecule has 2 aliphatic rings. The maximum Gasteiger partial charge on any atom is 0.238 e. The molecule has 1 aromatic carbocycles. The minimum Gasteiger partial charge on any atom is -0.489 e. The lowest BCUT2D eigenvalue weighted by Gasteiger charge is -2.15. The van der Waals surface area contributed by atoms with Crippen molar-refractivity contribution in [2.24, 2.45) is 5.92 Å². The number of carbonyl (C=O) groups is 1. The summed E-state index contributed by atoms with van der Waals surface area (Å²) in [5.74, 6) is 1.44. The fourth-order valence-corrected chi connectivity index (χ4v) is 3.00. The smallest absolute Gasteiger partial charge is 0.238 e. The Hall–Kier alpha value is -1.26. The Bertz CT molecular complexity index is 525. The maximum absolute atomic E-state index is 11.8. The average Bonchev–Trinajstić information content (AvgIpc) is 3.16. The van der Waals surface area contributed by atoms with Gasteiger partial charge < -0.3 is 15.4 Å². The van der Waals surface area contributed by atoms with E-state index in [9.17, 15) is 4.79 Å². The van der Waals surface area contributed by atoms with Gasteiger partial charge >= 0.3 is 0 Å². The normalized spacial score (nSPS) is 18.4. The van der Waals surface area contributed by atoms with E-state index in [0.29, 0.717) is 23.0 Å².